The number of carbonyl (C=O) groups excluding carboxylic acids is 2. The highest BCUT2D eigenvalue weighted by Gasteiger charge is 2.26. The average molecular weight is 440 g/mol. The zero-order chi connectivity index (χ0) is 21.8. The molecule has 1 aromatic heterocycles. The normalized spacial score (nSPS) is 11.9. The van der Waals surface area contributed by atoms with Crippen LogP contribution in [0.25, 0.3) is 0 Å². The summed E-state index contributed by atoms with van der Waals surface area (Å²) in [4.78, 5) is 24.4. The molecule has 29 heavy (non-hydrogen) atoms. The highest BCUT2D eigenvalue weighted by molar-refractivity contribution is 7.94. The molecule has 0 atom stereocenters. The molecule has 2 rings (SSSR count). The number of anilines is 2. The molecule has 0 radical (unpaired) electrons. The molecule has 0 bridgehead atoms. The molecule has 9 nitrogen and oxygen atoms in total. The van der Waals surface area contributed by atoms with Crippen molar-refractivity contribution in [2.75, 3.05) is 16.6 Å². The Hall–Kier alpha value is -2.53. The second-order valence-electron chi connectivity index (χ2n) is 7.83. The quantitative estimate of drug-likeness (QED) is 0.569. The van der Waals surface area contributed by atoms with Gasteiger partial charge in [0.15, 0.2) is 0 Å². The third kappa shape index (κ3) is 6.23. The first-order valence-corrected chi connectivity index (χ1v) is 11.2. The lowest BCUT2D eigenvalue weighted by Crippen LogP contribution is -2.28. The highest BCUT2D eigenvalue weighted by atomic mass is 32.2. The van der Waals surface area contributed by atoms with Crippen LogP contribution in [-0.4, -0.2) is 37.0 Å². The zero-order valence-corrected chi connectivity index (χ0v) is 18.6. The topological polar surface area (TPSA) is 130 Å². The van der Waals surface area contributed by atoms with Crippen LogP contribution >= 0.6 is 11.3 Å². The number of sulfonamides is 1. The molecule has 0 saturated carbocycles. The van der Waals surface area contributed by atoms with Gasteiger partial charge in [0.1, 0.15) is 0 Å². The summed E-state index contributed by atoms with van der Waals surface area (Å²) in [7, 11) is -4.09. The van der Waals surface area contributed by atoms with Gasteiger partial charge in [0.05, 0.1) is 11.3 Å². The number of para-hydroxylation sites is 1. The van der Waals surface area contributed by atoms with Gasteiger partial charge in [-0.3, -0.25) is 14.3 Å². The molecule has 158 valence electrons. The summed E-state index contributed by atoms with van der Waals surface area (Å²) in [5.41, 5.74) is -0.336. The van der Waals surface area contributed by atoms with Gasteiger partial charge in [0.25, 0.3) is 20.3 Å². The molecule has 0 fully saturated rings. The van der Waals surface area contributed by atoms with Crippen LogP contribution < -0.4 is 15.4 Å². The Labute approximate surface area is 174 Å². The van der Waals surface area contributed by atoms with Gasteiger partial charge in [0, 0.05) is 12.0 Å². The van der Waals surface area contributed by atoms with Crippen LogP contribution in [0, 0.1) is 11.3 Å². The van der Waals surface area contributed by atoms with Crippen LogP contribution in [0.5, 0.6) is 0 Å². The van der Waals surface area contributed by atoms with Crippen molar-refractivity contribution in [3.63, 3.8) is 0 Å². The number of rotatable bonds is 7. The number of nitrogens with one attached hydrogen (secondary N) is 3. The summed E-state index contributed by atoms with van der Waals surface area (Å²) in [6.07, 6.45) is 0. The molecule has 1 heterocycles. The lowest BCUT2D eigenvalue weighted by atomic mass is 9.96. The number of hydrogen-bond donors (Lipinski definition) is 3. The van der Waals surface area contributed by atoms with Crippen molar-refractivity contribution in [1.82, 2.24) is 15.5 Å². The fraction of sp³-hybridized carbons (Fsp3) is 0.444. The number of aromatic nitrogens is 2. The molecule has 0 saturated heterocycles. The Balaban J connectivity index is 2.20. The molecular formula is C18H25N5O4S2. The average Bonchev–Trinajstić information content (AvgIpc) is 3.08. The molecule has 2 aromatic rings. The van der Waals surface area contributed by atoms with Gasteiger partial charge < -0.3 is 10.6 Å². The highest BCUT2D eigenvalue weighted by Crippen LogP contribution is 2.25. The van der Waals surface area contributed by atoms with Crippen LogP contribution in [0.4, 0.5) is 10.8 Å². The van der Waals surface area contributed by atoms with Gasteiger partial charge in [-0.2, -0.15) is 8.42 Å². The van der Waals surface area contributed by atoms with E-state index in [1.165, 1.54) is 12.1 Å². The summed E-state index contributed by atoms with van der Waals surface area (Å²) in [5, 5.41) is 12.8. The van der Waals surface area contributed by atoms with E-state index in [1.807, 2.05) is 13.8 Å². The van der Waals surface area contributed by atoms with Crippen LogP contribution in [0.1, 0.15) is 45.0 Å². The molecule has 0 aliphatic heterocycles. The molecule has 0 aliphatic rings. The van der Waals surface area contributed by atoms with Crippen molar-refractivity contribution in [1.29, 1.82) is 0 Å². The predicted octanol–water partition coefficient (Wildman–Crippen LogP) is 2.71. The van der Waals surface area contributed by atoms with E-state index < -0.39 is 15.4 Å². The van der Waals surface area contributed by atoms with Crippen LogP contribution in [0.3, 0.4) is 0 Å². The second-order valence-corrected chi connectivity index (χ2v) is 10.7. The molecule has 11 heteroatoms. The molecule has 2 amide bonds. The minimum atomic E-state index is -4.09. The molecular weight excluding hydrogens is 414 g/mol. The van der Waals surface area contributed by atoms with Crippen molar-refractivity contribution in [2.24, 2.45) is 11.3 Å². The molecule has 0 unspecified atom stereocenters. The lowest BCUT2D eigenvalue weighted by molar-refractivity contribution is -0.123. The van der Waals surface area contributed by atoms with Gasteiger partial charge in [0.2, 0.25) is 11.0 Å². The van der Waals surface area contributed by atoms with Gasteiger partial charge in [-0.25, -0.2) is 0 Å². The number of hydrogen-bond acceptors (Lipinski definition) is 7. The van der Waals surface area contributed by atoms with Gasteiger partial charge in [-0.1, -0.05) is 58.1 Å². The van der Waals surface area contributed by atoms with Crippen molar-refractivity contribution >= 4 is 44.0 Å². The summed E-state index contributed by atoms with van der Waals surface area (Å²) in [6.45, 7) is 9.56. The second kappa shape index (κ2) is 8.87. The summed E-state index contributed by atoms with van der Waals surface area (Å²) >= 11 is 0.727. The Kier molecular flexibility index (Phi) is 6.96. The molecule has 0 spiro atoms. The van der Waals surface area contributed by atoms with Crippen LogP contribution in [-0.2, 0) is 14.8 Å². The van der Waals surface area contributed by atoms with Gasteiger partial charge in [-0.05, 0) is 18.1 Å². The maximum atomic E-state index is 12.7. The molecule has 1 aromatic carbocycles. The fourth-order valence-electron chi connectivity index (χ4n) is 2.00. The van der Waals surface area contributed by atoms with E-state index in [1.54, 1.807) is 32.9 Å². The first-order valence-electron chi connectivity index (χ1n) is 8.95. The standard InChI is InChI=1S/C18H25N5O4S2/c1-11(2)10-19-14(24)12-8-6-7-9-13(12)23-29(26,27)17-22-21-16(28-17)20-15(25)18(3,4)5/h6-9,11,23H,10H2,1-5H3,(H,19,24)(H,20,21,25). The van der Waals surface area contributed by atoms with E-state index >= 15 is 0 Å². The summed E-state index contributed by atoms with van der Waals surface area (Å²) in [6, 6.07) is 6.28. The maximum absolute atomic E-state index is 12.7. The van der Waals surface area contributed by atoms with E-state index in [0.29, 0.717) is 6.54 Å². The van der Waals surface area contributed by atoms with Gasteiger partial charge >= 0.3 is 0 Å². The Bertz CT molecular complexity index is 994. The smallest absolute Gasteiger partial charge is 0.291 e. The first-order chi connectivity index (χ1) is 13.4. The minimum absolute atomic E-state index is 0.0771. The minimum Gasteiger partial charge on any atom is -0.352 e. The van der Waals surface area contributed by atoms with Crippen molar-refractivity contribution in [2.45, 2.75) is 39.0 Å². The summed E-state index contributed by atoms with van der Waals surface area (Å²) < 4.78 is 27.4. The van der Waals surface area contributed by atoms with E-state index in [4.69, 9.17) is 0 Å². The largest absolute Gasteiger partial charge is 0.352 e. The van der Waals surface area contributed by atoms with Crippen LogP contribution in [0.2, 0.25) is 0 Å². The Morgan fingerprint density at radius 1 is 1.14 bits per heavy atom. The number of amides is 2. The Morgan fingerprint density at radius 3 is 2.41 bits per heavy atom. The molecule has 3 N–H and O–H groups in total. The lowest BCUT2D eigenvalue weighted by Gasteiger charge is -2.15. The van der Waals surface area contributed by atoms with E-state index in [2.05, 4.69) is 25.6 Å². The van der Waals surface area contributed by atoms with Crippen molar-refractivity contribution in [3.8, 4) is 0 Å². The van der Waals surface area contributed by atoms with E-state index in [9.17, 15) is 18.0 Å². The fourth-order valence-corrected chi connectivity index (χ4v) is 3.98. The number of carbonyl (C=O) groups is 2. The van der Waals surface area contributed by atoms with Crippen LogP contribution in [0.15, 0.2) is 28.6 Å². The number of benzene rings is 1. The zero-order valence-electron chi connectivity index (χ0n) is 16.9. The van der Waals surface area contributed by atoms with Gasteiger partial charge in [-0.15, -0.1) is 10.2 Å². The predicted molar refractivity (Wildman–Crippen MR) is 112 cm³/mol. The first kappa shape index (κ1) is 22.8. The summed E-state index contributed by atoms with van der Waals surface area (Å²) in [5.74, 6) is -0.434. The third-order valence-corrected chi connectivity index (χ3v) is 6.20. The van der Waals surface area contributed by atoms with Crippen molar-refractivity contribution in [3.05, 3.63) is 29.8 Å². The third-order valence-electron chi connectivity index (χ3n) is 3.62. The Morgan fingerprint density at radius 2 is 1.79 bits per heavy atom. The number of nitrogens with zero attached hydrogens (tertiary/aromatic N) is 2. The van der Waals surface area contributed by atoms with E-state index in [0.717, 1.165) is 11.3 Å². The maximum Gasteiger partial charge on any atom is 0.291 e. The SMILES string of the molecule is CC(C)CNC(=O)c1ccccc1NS(=O)(=O)c1nnc(NC(=O)C(C)(C)C)s1. The molecule has 0 aliphatic carbocycles. The monoisotopic (exact) mass is 439 g/mol. The van der Waals surface area contributed by atoms with E-state index in [-0.39, 0.29) is 38.5 Å². The van der Waals surface area contributed by atoms with Crippen molar-refractivity contribution < 1.29 is 18.0 Å².